The summed E-state index contributed by atoms with van der Waals surface area (Å²) in [5.41, 5.74) is 0.927. The van der Waals surface area contributed by atoms with E-state index in [0.717, 1.165) is 12.0 Å². The fraction of sp³-hybridized carbons (Fsp3) is 0.500. The molecule has 0 spiro atoms. The zero-order valence-corrected chi connectivity index (χ0v) is 14.1. The van der Waals surface area contributed by atoms with Crippen molar-refractivity contribution in [3.63, 3.8) is 0 Å². The summed E-state index contributed by atoms with van der Waals surface area (Å²) in [6, 6.07) is 4.62. The normalized spacial score (nSPS) is 20.6. The Hall–Kier alpha value is -1.95. The van der Waals surface area contributed by atoms with Gasteiger partial charge in [-0.15, -0.1) is 0 Å². The number of piperidine rings is 1. The van der Waals surface area contributed by atoms with E-state index in [0.29, 0.717) is 30.3 Å². The number of hydrogen-bond donors (Lipinski definition) is 3. The molecule has 1 fully saturated rings. The van der Waals surface area contributed by atoms with Crippen LogP contribution in [-0.2, 0) is 11.2 Å². The van der Waals surface area contributed by atoms with Crippen LogP contribution in [0.15, 0.2) is 18.2 Å². The minimum absolute atomic E-state index is 0.128. The van der Waals surface area contributed by atoms with Crippen molar-refractivity contribution in [3.8, 4) is 5.75 Å². The summed E-state index contributed by atoms with van der Waals surface area (Å²) in [6.45, 7) is 3.05. The van der Waals surface area contributed by atoms with Gasteiger partial charge in [0.1, 0.15) is 11.8 Å². The number of urea groups is 1. The second-order valence-electron chi connectivity index (χ2n) is 5.64. The van der Waals surface area contributed by atoms with Crippen molar-refractivity contribution in [2.24, 2.45) is 5.92 Å². The van der Waals surface area contributed by atoms with Crippen molar-refractivity contribution in [2.45, 2.75) is 25.8 Å². The third kappa shape index (κ3) is 4.76. The lowest BCUT2D eigenvalue weighted by Crippen LogP contribution is -2.56. The van der Waals surface area contributed by atoms with Crippen molar-refractivity contribution in [2.75, 3.05) is 20.2 Å². The molecule has 2 atom stereocenters. The Balaban J connectivity index is 1.79. The maximum absolute atomic E-state index is 11.9. The first kappa shape index (κ1) is 17.4. The van der Waals surface area contributed by atoms with E-state index >= 15 is 0 Å². The molecule has 1 aliphatic rings. The van der Waals surface area contributed by atoms with Gasteiger partial charge in [0.25, 0.3) is 0 Å². The Kier molecular flexibility index (Phi) is 6.10. The molecule has 1 heterocycles. The maximum Gasteiger partial charge on any atom is 0.315 e. The quantitative estimate of drug-likeness (QED) is 0.764. The molecule has 2 unspecified atom stereocenters. The molecule has 1 aromatic rings. The molecule has 0 radical (unpaired) electrons. The molecule has 23 heavy (non-hydrogen) atoms. The monoisotopic (exact) mass is 339 g/mol. The van der Waals surface area contributed by atoms with E-state index in [2.05, 4.69) is 16.0 Å². The van der Waals surface area contributed by atoms with Crippen molar-refractivity contribution >= 4 is 23.5 Å². The van der Waals surface area contributed by atoms with Crippen LogP contribution in [0.3, 0.4) is 0 Å². The Labute approximate surface area is 140 Å². The van der Waals surface area contributed by atoms with E-state index in [1.807, 2.05) is 19.1 Å². The average Bonchev–Trinajstić information content (AvgIpc) is 2.52. The van der Waals surface area contributed by atoms with Crippen LogP contribution in [0.4, 0.5) is 4.79 Å². The van der Waals surface area contributed by atoms with Gasteiger partial charge in [-0.2, -0.15) is 0 Å². The van der Waals surface area contributed by atoms with Crippen LogP contribution in [0, 0.1) is 5.92 Å². The van der Waals surface area contributed by atoms with Crippen LogP contribution >= 0.6 is 11.6 Å². The number of halogens is 1. The molecular weight excluding hydrogens is 318 g/mol. The molecule has 7 heteroatoms. The predicted octanol–water partition coefficient (Wildman–Crippen LogP) is 1.71. The molecule has 0 aromatic heterocycles. The second-order valence-corrected chi connectivity index (χ2v) is 6.05. The smallest absolute Gasteiger partial charge is 0.315 e. The minimum atomic E-state index is -0.478. The third-order valence-corrected chi connectivity index (χ3v) is 4.33. The molecular formula is C16H22ClN3O3. The highest BCUT2D eigenvalue weighted by Gasteiger charge is 2.29. The van der Waals surface area contributed by atoms with Gasteiger partial charge in [0, 0.05) is 18.1 Å². The fourth-order valence-corrected chi connectivity index (χ4v) is 2.79. The van der Waals surface area contributed by atoms with Crippen LogP contribution in [0.1, 0.15) is 18.9 Å². The first-order valence-electron chi connectivity index (χ1n) is 7.65. The molecule has 0 saturated carbocycles. The minimum Gasteiger partial charge on any atom is -0.497 e. The van der Waals surface area contributed by atoms with E-state index < -0.39 is 6.04 Å². The fourth-order valence-electron chi connectivity index (χ4n) is 2.53. The van der Waals surface area contributed by atoms with Crippen molar-refractivity contribution < 1.29 is 14.3 Å². The van der Waals surface area contributed by atoms with Crippen molar-refractivity contribution in [1.82, 2.24) is 16.0 Å². The average molecular weight is 340 g/mol. The number of amides is 3. The lowest BCUT2D eigenvalue weighted by molar-refractivity contribution is -0.125. The summed E-state index contributed by atoms with van der Waals surface area (Å²) in [7, 11) is 1.58. The molecule has 3 amide bonds. The lowest BCUT2D eigenvalue weighted by atomic mass is 9.94. The molecule has 6 nitrogen and oxygen atoms in total. The molecule has 0 aliphatic carbocycles. The van der Waals surface area contributed by atoms with Crippen LogP contribution < -0.4 is 20.7 Å². The summed E-state index contributed by atoms with van der Waals surface area (Å²) < 4.78 is 5.10. The second kappa shape index (κ2) is 8.06. The van der Waals surface area contributed by atoms with Crippen LogP contribution in [0.25, 0.3) is 0 Å². The van der Waals surface area contributed by atoms with Gasteiger partial charge in [0.2, 0.25) is 5.91 Å². The number of nitrogens with one attached hydrogen (secondary N) is 3. The summed E-state index contributed by atoms with van der Waals surface area (Å²) in [4.78, 5) is 23.7. The lowest BCUT2D eigenvalue weighted by Gasteiger charge is -2.28. The van der Waals surface area contributed by atoms with Crippen LogP contribution in [-0.4, -0.2) is 38.2 Å². The van der Waals surface area contributed by atoms with Gasteiger partial charge in [-0.3, -0.25) is 4.79 Å². The number of ether oxygens (including phenoxy) is 1. The Bertz CT molecular complexity index is 580. The summed E-state index contributed by atoms with van der Waals surface area (Å²) in [5.74, 6) is 0.699. The van der Waals surface area contributed by atoms with Gasteiger partial charge in [-0.25, -0.2) is 4.79 Å². The molecule has 1 aromatic carbocycles. The predicted molar refractivity (Wildman–Crippen MR) is 88.8 cm³/mol. The van der Waals surface area contributed by atoms with E-state index in [4.69, 9.17) is 16.3 Å². The number of benzene rings is 1. The summed E-state index contributed by atoms with van der Waals surface area (Å²) >= 11 is 6.16. The molecule has 0 bridgehead atoms. The SMILES string of the molecule is COc1ccc(CCNC(=O)NC2C(=O)NCCC2C)c(Cl)c1. The summed E-state index contributed by atoms with van der Waals surface area (Å²) in [5, 5.41) is 8.84. The highest BCUT2D eigenvalue weighted by atomic mass is 35.5. The van der Waals surface area contributed by atoms with E-state index in [1.165, 1.54) is 0 Å². The number of carbonyl (C=O) groups excluding carboxylic acids is 2. The zero-order chi connectivity index (χ0) is 16.8. The van der Waals surface area contributed by atoms with Crippen molar-refractivity contribution in [1.29, 1.82) is 0 Å². The Morgan fingerprint density at radius 1 is 1.48 bits per heavy atom. The Morgan fingerprint density at radius 2 is 2.26 bits per heavy atom. The van der Waals surface area contributed by atoms with Crippen molar-refractivity contribution in [3.05, 3.63) is 28.8 Å². The first-order chi connectivity index (χ1) is 11.0. The van der Waals surface area contributed by atoms with Crippen LogP contribution in [0.2, 0.25) is 5.02 Å². The van der Waals surface area contributed by atoms with Gasteiger partial charge in [-0.05, 0) is 36.5 Å². The molecule has 2 rings (SSSR count). The molecule has 1 aliphatic heterocycles. The van der Waals surface area contributed by atoms with Gasteiger partial charge in [0.15, 0.2) is 0 Å². The number of hydrogen-bond acceptors (Lipinski definition) is 3. The molecule has 126 valence electrons. The van der Waals surface area contributed by atoms with Gasteiger partial charge in [-0.1, -0.05) is 24.6 Å². The highest BCUT2D eigenvalue weighted by Crippen LogP contribution is 2.22. The van der Waals surface area contributed by atoms with E-state index in [9.17, 15) is 9.59 Å². The molecule has 1 saturated heterocycles. The van der Waals surface area contributed by atoms with Crippen LogP contribution in [0.5, 0.6) is 5.75 Å². The Morgan fingerprint density at radius 3 is 2.91 bits per heavy atom. The number of methoxy groups -OCH3 is 1. The summed E-state index contributed by atoms with van der Waals surface area (Å²) in [6.07, 6.45) is 1.46. The largest absolute Gasteiger partial charge is 0.497 e. The van der Waals surface area contributed by atoms with E-state index in [-0.39, 0.29) is 17.9 Å². The zero-order valence-electron chi connectivity index (χ0n) is 13.3. The van der Waals surface area contributed by atoms with E-state index in [1.54, 1.807) is 13.2 Å². The van der Waals surface area contributed by atoms with Gasteiger partial charge < -0.3 is 20.7 Å². The van der Waals surface area contributed by atoms with Gasteiger partial charge in [0.05, 0.1) is 7.11 Å². The highest BCUT2D eigenvalue weighted by molar-refractivity contribution is 6.31. The first-order valence-corrected chi connectivity index (χ1v) is 8.03. The van der Waals surface area contributed by atoms with Gasteiger partial charge >= 0.3 is 6.03 Å². The third-order valence-electron chi connectivity index (χ3n) is 3.98. The number of carbonyl (C=O) groups is 2. The standard InChI is InChI=1S/C16H22ClN3O3/c1-10-5-7-18-15(21)14(10)20-16(22)19-8-6-11-3-4-12(23-2)9-13(11)17/h3-4,9-10,14H,5-8H2,1-2H3,(H,18,21)(H2,19,20,22). The maximum atomic E-state index is 11.9. The topological polar surface area (TPSA) is 79.5 Å². The molecule has 3 N–H and O–H groups in total. The number of rotatable bonds is 5.